The molecule has 25 heavy (non-hydrogen) atoms. The lowest BCUT2D eigenvalue weighted by Gasteiger charge is -2.21. The van der Waals surface area contributed by atoms with Crippen molar-refractivity contribution in [2.45, 2.75) is 26.3 Å². The Morgan fingerprint density at radius 1 is 1.24 bits per heavy atom. The van der Waals surface area contributed by atoms with Gasteiger partial charge in [0.25, 0.3) is 5.91 Å². The zero-order valence-electron chi connectivity index (χ0n) is 13.8. The topological polar surface area (TPSA) is 94.6 Å². The minimum Gasteiger partial charge on any atom is -0.467 e. The second-order valence-electron chi connectivity index (χ2n) is 5.11. The Morgan fingerprint density at radius 3 is 2.44 bits per heavy atom. The number of nitrogens with one attached hydrogen (secondary N) is 1. The number of amides is 1. The lowest BCUT2D eigenvalue weighted by molar-refractivity contribution is -0.147. The number of hydrogen-bond acceptors (Lipinski definition) is 6. The first-order chi connectivity index (χ1) is 11.7. The molecule has 0 aliphatic heterocycles. The van der Waals surface area contributed by atoms with Gasteiger partial charge in [0.1, 0.15) is 6.04 Å². The zero-order chi connectivity index (χ0) is 19.1. The molecule has 0 spiro atoms. The van der Waals surface area contributed by atoms with E-state index in [1.807, 2.05) is 6.92 Å². The maximum Gasteiger partial charge on any atom is 0.359 e. The molecule has 0 bridgehead atoms. The molecule has 0 aliphatic carbocycles. The van der Waals surface area contributed by atoms with Gasteiger partial charge in [-0.1, -0.05) is 55.1 Å². The van der Waals surface area contributed by atoms with Crippen LogP contribution in [-0.2, 0) is 19.1 Å². The van der Waals surface area contributed by atoms with Gasteiger partial charge in [0, 0.05) is 6.20 Å². The Bertz CT molecular complexity index is 669. The van der Waals surface area contributed by atoms with E-state index < -0.39 is 30.5 Å². The quantitative estimate of drug-likeness (QED) is 0.693. The van der Waals surface area contributed by atoms with E-state index in [2.05, 4.69) is 15.0 Å². The number of methoxy groups -OCH3 is 1. The van der Waals surface area contributed by atoms with Crippen LogP contribution in [0.2, 0.25) is 15.1 Å². The molecule has 1 heterocycles. The summed E-state index contributed by atoms with van der Waals surface area (Å²) in [4.78, 5) is 39.4. The molecule has 0 saturated carbocycles. The molecule has 138 valence electrons. The predicted molar refractivity (Wildman–Crippen MR) is 93.0 cm³/mol. The van der Waals surface area contributed by atoms with Crippen LogP contribution in [0.3, 0.4) is 0 Å². The standard InChI is InChI=1S/C15H17Cl3N2O5/c1-4-7(2)12(14(22)24-3)20-9(21)6-25-15(23)13-11(18)10(17)8(16)5-19-13/h5,7,12H,4,6H2,1-3H3,(H,20,21)/t7-,12-/m1/s1. The molecule has 1 aromatic heterocycles. The van der Waals surface area contributed by atoms with E-state index in [9.17, 15) is 14.4 Å². The summed E-state index contributed by atoms with van der Waals surface area (Å²) in [6.07, 6.45) is 1.78. The minimum absolute atomic E-state index is 0.0442. The van der Waals surface area contributed by atoms with Crippen molar-refractivity contribution >= 4 is 52.6 Å². The first-order valence-electron chi connectivity index (χ1n) is 7.26. The fourth-order valence-electron chi connectivity index (χ4n) is 1.80. The van der Waals surface area contributed by atoms with Crippen molar-refractivity contribution in [2.24, 2.45) is 5.92 Å². The van der Waals surface area contributed by atoms with Crippen LogP contribution < -0.4 is 5.32 Å². The van der Waals surface area contributed by atoms with Crippen LogP contribution in [0.5, 0.6) is 0 Å². The average Bonchev–Trinajstić information content (AvgIpc) is 2.60. The molecule has 0 unspecified atom stereocenters. The zero-order valence-corrected chi connectivity index (χ0v) is 16.0. The van der Waals surface area contributed by atoms with Gasteiger partial charge in [0.2, 0.25) is 0 Å². The van der Waals surface area contributed by atoms with Crippen LogP contribution >= 0.6 is 34.8 Å². The average molecular weight is 412 g/mol. The predicted octanol–water partition coefficient (Wildman–Crippen LogP) is 2.90. The summed E-state index contributed by atoms with van der Waals surface area (Å²) in [7, 11) is 1.22. The van der Waals surface area contributed by atoms with Gasteiger partial charge in [0.15, 0.2) is 12.3 Å². The van der Waals surface area contributed by atoms with Crippen molar-refractivity contribution in [3.8, 4) is 0 Å². The van der Waals surface area contributed by atoms with E-state index in [-0.39, 0.29) is 26.7 Å². The molecule has 1 rings (SSSR count). The van der Waals surface area contributed by atoms with Crippen molar-refractivity contribution in [1.82, 2.24) is 10.3 Å². The number of nitrogens with zero attached hydrogens (tertiary/aromatic N) is 1. The van der Waals surface area contributed by atoms with Gasteiger partial charge in [0.05, 0.1) is 22.2 Å². The number of aromatic nitrogens is 1. The number of carbonyl (C=O) groups is 3. The fourth-order valence-corrected chi connectivity index (χ4v) is 2.35. The third kappa shape index (κ3) is 5.73. The highest BCUT2D eigenvalue weighted by atomic mass is 35.5. The maximum atomic E-state index is 12.0. The van der Waals surface area contributed by atoms with Crippen molar-refractivity contribution in [3.05, 3.63) is 27.0 Å². The molecule has 1 amide bonds. The van der Waals surface area contributed by atoms with Crippen molar-refractivity contribution in [2.75, 3.05) is 13.7 Å². The number of pyridine rings is 1. The summed E-state index contributed by atoms with van der Waals surface area (Å²) in [5.74, 6) is -2.35. The Labute approximate surface area is 159 Å². The summed E-state index contributed by atoms with van der Waals surface area (Å²) >= 11 is 17.4. The van der Waals surface area contributed by atoms with Gasteiger partial charge in [-0.3, -0.25) is 4.79 Å². The van der Waals surface area contributed by atoms with Gasteiger partial charge in [-0.15, -0.1) is 0 Å². The molecular formula is C15H17Cl3N2O5. The van der Waals surface area contributed by atoms with Gasteiger partial charge in [-0.05, 0) is 5.92 Å². The molecule has 1 aromatic rings. The molecule has 0 fully saturated rings. The Balaban J connectivity index is 2.71. The van der Waals surface area contributed by atoms with E-state index in [0.717, 1.165) is 6.20 Å². The van der Waals surface area contributed by atoms with E-state index in [1.54, 1.807) is 6.92 Å². The number of esters is 2. The number of ether oxygens (including phenoxy) is 2. The Kier molecular flexibility index (Phi) is 8.41. The van der Waals surface area contributed by atoms with Crippen molar-refractivity contribution < 1.29 is 23.9 Å². The third-order valence-electron chi connectivity index (χ3n) is 3.43. The fraction of sp³-hybridized carbons (Fsp3) is 0.467. The summed E-state index contributed by atoms with van der Waals surface area (Å²) in [6.45, 7) is 3.03. The van der Waals surface area contributed by atoms with Crippen LogP contribution in [0.1, 0.15) is 30.8 Å². The molecule has 1 N–H and O–H groups in total. The normalized spacial score (nSPS) is 12.9. The molecule has 0 radical (unpaired) electrons. The molecule has 0 saturated heterocycles. The highest BCUT2D eigenvalue weighted by Crippen LogP contribution is 2.31. The monoisotopic (exact) mass is 410 g/mol. The molecule has 10 heteroatoms. The SMILES string of the molecule is CC[C@@H](C)[C@@H](NC(=O)COC(=O)c1ncc(Cl)c(Cl)c1Cl)C(=O)OC. The number of carbonyl (C=O) groups excluding carboxylic acids is 3. The summed E-state index contributed by atoms with van der Waals surface area (Å²) in [5.41, 5.74) is -0.268. The maximum absolute atomic E-state index is 12.0. The smallest absolute Gasteiger partial charge is 0.359 e. The Hall–Kier alpha value is -1.57. The lowest BCUT2D eigenvalue weighted by atomic mass is 9.99. The first kappa shape index (κ1) is 21.5. The Morgan fingerprint density at radius 2 is 1.88 bits per heavy atom. The minimum atomic E-state index is -0.947. The van der Waals surface area contributed by atoms with Gasteiger partial charge < -0.3 is 14.8 Å². The van der Waals surface area contributed by atoms with Crippen LogP contribution in [0.15, 0.2) is 6.20 Å². The number of halogens is 3. The van der Waals surface area contributed by atoms with Gasteiger partial charge in [-0.25, -0.2) is 14.6 Å². The van der Waals surface area contributed by atoms with Crippen molar-refractivity contribution in [1.29, 1.82) is 0 Å². The highest BCUT2D eigenvalue weighted by Gasteiger charge is 2.27. The first-order valence-corrected chi connectivity index (χ1v) is 8.40. The van der Waals surface area contributed by atoms with Gasteiger partial charge >= 0.3 is 11.9 Å². The van der Waals surface area contributed by atoms with E-state index in [0.29, 0.717) is 6.42 Å². The third-order valence-corrected chi connectivity index (χ3v) is 4.67. The number of hydrogen-bond donors (Lipinski definition) is 1. The summed E-state index contributed by atoms with van der Waals surface area (Å²) in [5, 5.41) is 2.33. The largest absolute Gasteiger partial charge is 0.467 e. The number of rotatable bonds is 7. The molecule has 2 atom stereocenters. The van der Waals surface area contributed by atoms with E-state index in [1.165, 1.54) is 7.11 Å². The second-order valence-corrected chi connectivity index (χ2v) is 6.28. The van der Waals surface area contributed by atoms with Crippen molar-refractivity contribution in [3.63, 3.8) is 0 Å². The molecular weight excluding hydrogens is 395 g/mol. The highest BCUT2D eigenvalue weighted by molar-refractivity contribution is 6.48. The lowest BCUT2D eigenvalue weighted by Crippen LogP contribution is -2.47. The molecule has 0 aromatic carbocycles. The summed E-state index contributed by atoms with van der Waals surface area (Å²) < 4.78 is 9.50. The summed E-state index contributed by atoms with van der Waals surface area (Å²) in [6, 6.07) is -0.840. The molecule has 7 nitrogen and oxygen atoms in total. The van der Waals surface area contributed by atoms with Crippen LogP contribution in [0.4, 0.5) is 0 Å². The van der Waals surface area contributed by atoms with E-state index in [4.69, 9.17) is 39.5 Å². The van der Waals surface area contributed by atoms with E-state index >= 15 is 0 Å². The molecule has 0 aliphatic rings. The van der Waals surface area contributed by atoms with Crippen LogP contribution in [0.25, 0.3) is 0 Å². The van der Waals surface area contributed by atoms with Gasteiger partial charge in [-0.2, -0.15) is 0 Å². The van der Waals surface area contributed by atoms with Crippen LogP contribution in [-0.4, -0.2) is 42.6 Å². The second kappa shape index (κ2) is 9.79. The van der Waals surface area contributed by atoms with Crippen LogP contribution in [0, 0.1) is 5.92 Å².